The van der Waals surface area contributed by atoms with E-state index in [4.69, 9.17) is 4.84 Å². The maximum Gasteiger partial charge on any atom is 0.295 e. The molecule has 0 aliphatic carbocycles. The average Bonchev–Trinajstić information content (AvgIpc) is 2.50. The summed E-state index contributed by atoms with van der Waals surface area (Å²) >= 11 is 0. The third-order valence-electron chi connectivity index (χ3n) is 2.78. The number of carbonyl (C=O) groups excluding carboxylic acids is 1. The predicted molar refractivity (Wildman–Crippen MR) is 77.5 cm³/mol. The van der Waals surface area contributed by atoms with Gasteiger partial charge in [0.1, 0.15) is 0 Å². The highest BCUT2D eigenvalue weighted by Gasteiger charge is 2.09. The zero-order chi connectivity index (χ0) is 15.1. The van der Waals surface area contributed by atoms with E-state index < -0.39 is 5.91 Å². The van der Waals surface area contributed by atoms with Crippen molar-refractivity contribution >= 4 is 5.91 Å². The molecule has 0 spiro atoms. The predicted octanol–water partition coefficient (Wildman–Crippen LogP) is 1.51. The standard InChI is InChI=1S/C15H17N3O3/c1-2-10-18-14(19)9-8-13(16-18)15(20)17-21-11-12-6-4-3-5-7-12/h3-9H,2,10-11H2,1H3,(H,17,20). The van der Waals surface area contributed by atoms with E-state index >= 15 is 0 Å². The van der Waals surface area contributed by atoms with Gasteiger partial charge in [-0.3, -0.25) is 14.4 Å². The van der Waals surface area contributed by atoms with Crippen LogP contribution in [-0.4, -0.2) is 15.7 Å². The van der Waals surface area contributed by atoms with Crippen LogP contribution in [0.2, 0.25) is 0 Å². The molecule has 1 heterocycles. The van der Waals surface area contributed by atoms with Gasteiger partial charge in [-0.25, -0.2) is 10.2 Å². The second-order valence-corrected chi connectivity index (χ2v) is 4.49. The lowest BCUT2D eigenvalue weighted by Crippen LogP contribution is -2.29. The van der Waals surface area contributed by atoms with Gasteiger partial charge >= 0.3 is 0 Å². The number of hydrogen-bond donors (Lipinski definition) is 1. The molecule has 1 amide bonds. The molecule has 1 aromatic carbocycles. The molecule has 0 fully saturated rings. The first kappa shape index (κ1) is 14.9. The number of aryl methyl sites for hydroxylation is 1. The summed E-state index contributed by atoms with van der Waals surface area (Å²) < 4.78 is 1.27. The highest BCUT2D eigenvalue weighted by molar-refractivity contribution is 5.91. The van der Waals surface area contributed by atoms with Gasteiger partial charge in [0.25, 0.3) is 11.5 Å². The molecule has 1 N–H and O–H groups in total. The molecule has 0 radical (unpaired) electrons. The largest absolute Gasteiger partial charge is 0.295 e. The molecule has 0 unspecified atom stereocenters. The van der Waals surface area contributed by atoms with E-state index in [1.165, 1.54) is 16.8 Å². The van der Waals surface area contributed by atoms with E-state index in [0.717, 1.165) is 12.0 Å². The molecule has 6 nitrogen and oxygen atoms in total. The van der Waals surface area contributed by atoms with Crippen LogP contribution in [0.15, 0.2) is 47.3 Å². The molecule has 21 heavy (non-hydrogen) atoms. The van der Waals surface area contributed by atoms with Crippen molar-refractivity contribution in [3.8, 4) is 0 Å². The summed E-state index contributed by atoms with van der Waals surface area (Å²) in [5.74, 6) is -0.476. The first-order valence-corrected chi connectivity index (χ1v) is 6.75. The number of hydroxylamine groups is 1. The summed E-state index contributed by atoms with van der Waals surface area (Å²) in [5, 5.41) is 4.00. The maximum atomic E-state index is 11.9. The zero-order valence-electron chi connectivity index (χ0n) is 11.8. The number of aromatic nitrogens is 2. The molecule has 0 aliphatic rings. The van der Waals surface area contributed by atoms with Gasteiger partial charge < -0.3 is 0 Å². The topological polar surface area (TPSA) is 73.2 Å². The van der Waals surface area contributed by atoms with Crippen LogP contribution in [0.3, 0.4) is 0 Å². The number of benzene rings is 1. The Balaban J connectivity index is 1.94. The fourth-order valence-corrected chi connectivity index (χ4v) is 1.75. The summed E-state index contributed by atoms with van der Waals surface area (Å²) in [5.41, 5.74) is 3.19. The van der Waals surface area contributed by atoms with Crippen LogP contribution < -0.4 is 11.0 Å². The Morgan fingerprint density at radius 1 is 1.24 bits per heavy atom. The van der Waals surface area contributed by atoms with Crippen molar-refractivity contribution in [2.45, 2.75) is 26.5 Å². The summed E-state index contributed by atoms with van der Waals surface area (Å²) in [7, 11) is 0. The minimum Gasteiger partial charge on any atom is -0.269 e. The fourth-order valence-electron chi connectivity index (χ4n) is 1.75. The van der Waals surface area contributed by atoms with Crippen LogP contribution >= 0.6 is 0 Å². The van der Waals surface area contributed by atoms with Gasteiger partial charge in [-0.15, -0.1) is 0 Å². The molecule has 0 atom stereocenters. The van der Waals surface area contributed by atoms with Gasteiger partial charge in [0, 0.05) is 12.6 Å². The van der Waals surface area contributed by atoms with Gasteiger partial charge in [0.05, 0.1) is 6.61 Å². The van der Waals surface area contributed by atoms with Crippen LogP contribution in [0.1, 0.15) is 29.4 Å². The lowest BCUT2D eigenvalue weighted by atomic mass is 10.2. The van der Waals surface area contributed by atoms with Crippen molar-refractivity contribution < 1.29 is 9.63 Å². The SMILES string of the molecule is CCCn1nc(C(=O)NOCc2ccccc2)ccc1=O. The molecular formula is C15H17N3O3. The summed E-state index contributed by atoms with van der Waals surface area (Å²) in [4.78, 5) is 28.5. The Hall–Kier alpha value is -2.47. The minimum absolute atomic E-state index is 0.149. The number of nitrogens with zero attached hydrogens (tertiary/aromatic N) is 2. The summed E-state index contributed by atoms with van der Waals surface area (Å²) in [6, 6.07) is 12.2. The average molecular weight is 287 g/mol. The number of carbonyl (C=O) groups is 1. The molecular weight excluding hydrogens is 270 g/mol. The van der Waals surface area contributed by atoms with E-state index in [9.17, 15) is 9.59 Å². The fraction of sp³-hybridized carbons (Fsp3) is 0.267. The van der Waals surface area contributed by atoms with Crippen LogP contribution in [0.4, 0.5) is 0 Å². The molecule has 0 saturated heterocycles. The van der Waals surface area contributed by atoms with Gasteiger partial charge in [-0.1, -0.05) is 37.3 Å². The van der Waals surface area contributed by atoms with Gasteiger partial charge in [0.15, 0.2) is 5.69 Å². The van der Waals surface area contributed by atoms with Crippen molar-refractivity contribution in [3.05, 3.63) is 64.1 Å². The first-order valence-electron chi connectivity index (χ1n) is 6.75. The Morgan fingerprint density at radius 3 is 2.71 bits per heavy atom. The quantitative estimate of drug-likeness (QED) is 0.817. The zero-order valence-corrected chi connectivity index (χ0v) is 11.8. The second kappa shape index (κ2) is 7.35. The molecule has 0 bridgehead atoms. The molecule has 2 aromatic rings. The van der Waals surface area contributed by atoms with Crippen LogP contribution in [0.25, 0.3) is 0 Å². The number of amides is 1. The minimum atomic E-state index is -0.476. The van der Waals surface area contributed by atoms with Gasteiger partial charge in [-0.2, -0.15) is 5.10 Å². The van der Waals surface area contributed by atoms with Gasteiger partial charge in [0.2, 0.25) is 0 Å². The molecule has 2 rings (SSSR count). The molecule has 0 saturated carbocycles. The van der Waals surface area contributed by atoms with Crippen LogP contribution in [0.5, 0.6) is 0 Å². The summed E-state index contributed by atoms with van der Waals surface area (Å²) in [6.45, 7) is 2.68. The smallest absolute Gasteiger partial charge is 0.269 e. The Labute approximate surface area is 122 Å². The molecule has 110 valence electrons. The van der Waals surface area contributed by atoms with Gasteiger partial charge in [-0.05, 0) is 18.1 Å². The van der Waals surface area contributed by atoms with E-state index in [1.54, 1.807) is 0 Å². The van der Waals surface area contributed by atoms with E-state index in [1.807, 2.05) is 37.3 Å². The third-order valence-corrected chi connectivity index (χ3v) is 2.78. The number of rotatable bonds is 6. The lowest BCUT2D eigenvalue weighted by Gasteiger charge is -2.07. The highest BCUT2D eigenvalue weighted by atomic mass is 16.6. The Kier molecular flexibility index (Phi) is 5.22. The number of hydrogen-bond acceptors (Lipinski definition) is 4. The van der Waals surface area contributed by atoms with Crippen LogP contribution in [-0.2, 0) is 18.0 Å². The lowest BCUT2D eigenvalue weighted by molar-refractivity contribution is 0.0227. The van der Waals surface area contributed by atoms with Crippen molar-refractivity contribution in [2.24, 2.45) is 0 Å². The highest BCUT2D eigenvalue weighted by Crippen LogP contribution is 1.99. The van der Waals surface area contributed by atoms with Crippen molar-refractivity contribution in [1.29, 1.82) is 0 Å². The Morgan fingerprint density at radius 2 is 2.00 bits per heavy atom. The molecule has 0 aliphatic heterocycles. The first-order chi connectivity index (χ1) is 10.2. The Bertz CT molecular complexity index is 653. The number of nitrogens with one attached hydrogen (secondary N) is 1. The van der Waals surface area contributed by atoms with Crippen LogP contribution in [0, 0.1) is 0 Å². The molecule has 6 heteroatoms. The molecule has 1 aromatic heterocycles. The van der Waals surface area contributed by atoms with E-state index in [-0.39, 0.29) is 17.9 Å². The normalized spacial score (nSPS) is 10.3. The van der Waals surface area contributed by atoms with Crippen molar-refractivity contribution in [3.63, 3.8) is 0 Å². The second-order valence-electron chi connectivity index (χ2n) is 4.49. The van der Waals surface area contributed by atoms with E-state index in [2.05, 4.69) is 10.6 Å². The van der Waals surface area contributed by atoms with E-state index in [0.29, 0.717) is 6.54 Å². The monoisotopic (exact) mass is 287 g/mol. The maximum absolute atomic E-state index is 11.9. The third kappa shape index (κ3) is 4.25. The van der Waals surface area contributed by atoms with Crippen molar-refractivity contribution in [1.82, 2.24) is 15.3 Å². The summed E-state index contributed by atoms with van der Waals surface area (Å²) in [6.07, 6.45) is 0.766. The van der Waals surface area contributed by atoms with Crippen molar-refractivity contribution in [2.75, 3.05) is 0 Å².